The van der Waals surface area contributed by atoms with Gasteiger partial charge in [-0.25, -0.2) is 0 Å². The molecule has 18 heteroatoms. The molecule has 0 fully saturated rings. The summed E-state index contributed by atoms with van der Waals surface area (Å²) in [6.07, 6.45) is -17.9. The third kappa shape index (κ3) is 4.56. The second-order valence-corrected chi connectivity index (χ2v) is 7.79. The molecule has 1 rings (SSSR count). The summed E-state index contributed by atoms with van der Waals surface area (Å²) in [5.41, 5.74) is -6.83. The van der Waals surface area contributed by atoms with E-state index in [4.69, 9.17) is 0 Å². The van der Waals surface area contributed by atoms with Gasteiger partial charge in [-0.2, -0.15) is 70.2 Å². The average Bonchev–Trinajstić information content (AvgIpc) is 2.59. The minimum atomic E-state index is -8.26. The summed E-state index contributed by atoms with van der Waals surface area (Å²) in [7, 11) is 0. The van der Waals surface area contributed by atoms with E-state index in [0.717, 1.165) is 0 Å². The highest BCUT2D eigenvalue weighted by molar-refractivity contribution is 14.1. The van der Waals surface area contributed by atoms with Crippen LogP contribution in [0, 0.1) is 3.57 Å². The molecule has 0 aromatic heterocycles. The SMILES string of the molecule is OC(CC(F)(F)C(F)(F)C(F)(F)C(F)(F)C(F)(F)C(F)(F)F)(c1ccc(I)cc1)C(F)(F)F. The fourth-order valence-electron chi connectivity index (χ4n) is 2.33. The number of benzene rings is 1. The summed E-state index contributed by atoms with van der Waals surface area (Å²) in [5.74, 6) is -39.6. The molecule has 1 unspecified atom stereocenters. The van der Waals surface area contributed by atoms with Crippen molar-refractivity contribution in [3.8, 4) is 0 Å². The molecule has 0 aliphatic carbocycles. The van der Waals surface area contributed by atoms with E-state index in [1.807, 2.05) is 0 Å². The third-order valence-electron chi connectivity index (χ3n) is 4.27. The van der Waals surface area contributed by atoms with Crippen LogP contribution in [0.15, 0.2) is 24.3 Å². The van der Waals surface area contributed by atoms with Gasteiger partial charge < -0.3 is 5.11 Å². The molecule has 1 aromatic rings. The number of alkyl halides is 16. The Hall–Kier alpha value is -1.21. The van der Waals surface area contributed by atoms with Crippen molar-refractivity contribution in [1.82, 2.24) is 0 Å². The van der Waals surface area contributed by atoms with Gasteiger partial charge in [-0.15, -0.1) is 0 Å². The number of hydrogen-bond donors (Lipinski definition) is 1. The standard InChI is InChI=1S/C15H7F16IO/c16-9(17,5-8(33,14(26,27)28)6-1-3-7(32)4-2-6)10(18,19)11(20,21)12(22,23)13(24,25)15(29,30)31/h1-4,33H,5H2. The second-order valence-electron chi connectivity index (χ2n) is 6.54. The van der Waals surface area contributed by atoms with Crippen LogP contribution < -0.4 is 0 Å². The number of rotatable bonds is 7. The van der Waals surface area contributed by atoms with Gasteiger partial charge in [-0.3, -0.25) is 0 Å². The zero-order valence-electron chi connectivity index (χ0n) is 14.9. The Kier molecular flexibility index (Phi) is 7.39. The molecule has 33 heavy (non-hydrogen) atoms. The lowest BCUT2D eigenvalue weighted by Crippen LogP contribution is -2.70. The molecule has 0 aliphatic heterocycles. The van der Waals surface area contributed by atoms with Crippen LogP contribution in [0.1, 0.15) is 12.0 Å². The Labute approximate surface area is 185 Å². The van der Waals surface area contributed by atoms with Gasteiger partial charge in [0.1, 0.15) is 0 Å². The van der Waals surface area contributed by atoms with Crippen molar-refractivity contribution in [3.05, 3.63) is 33.4 Å². The van der Waals surface area contributed by atoms with Gasteiger partial charge in [-0.05, 0) is 40.3 Å². The molecule has 0 spiro atoms. The Bertz CT molecular complexity index is 841. The van der Waals surface area contributed by atoms with Crippen LogP contribution in [-0.4, -0.2) is 47.1 Å². The van der Waals surface area contributed by atoms with Crippen LogP contribution in [0.3, 0.4) is 0 Å². The first-order chi connectivity index (χ1) is 14.2. The van der Waals surface area contributed by atoms with Crippen molar-refractivity contribution < 1.29 is 75.4 Å². The van der Waals surface area contributed by atoms with E-state index in [1.165, 1.54) is 22.6 Å². The van der Waals surface area contributed by atoms with E-state index in [1.54, 1.807) is 0 Å². The second kappa shape index (κ2) is 8.18. The smallest absolute Gasteiger partial charge is 0.376 e. The van der Waals surface area contributed by atoms with E-state index in [-0.39, 0.29) is 15.7 Å². The van der Waals surface area contributed by atoms with Crippen LogP contribution in [0.25, 0.3) is 0 Å². The molecule has 0 bridgehead atoms. The van der Waals surface area contributed by atoms with Crippen LogP contribution in [-0.2, 0) is 5.60 Å². The van der Waals surface area contributed by atoms with Gasteiger partial charge in [0.2, 0.25) is 0 Å². The molecule has 0 amide bonds. The first kappa shape index (κ1) is 29.8. The van der Waals surface area contributed by atoms with Crippen LogP contribution in [0.5, 0.6) is 0 Å². The number of aliphatic hydroxyl groups is 1. The summed E-state index contributed by atoms with van der Waals surface area (Å²) < 4.78 is 210. The number of halogens is 17. The molecule has 0 radical (unpaired) electrons. The van der Waals surface area contributed by atoms with Crippen LogP contribution >= 0.6 is 22.6 Å². The fraction of sp³-hybridized carbons (Fsp3) is 0.600. The first-order valence-electron chi connectivity index (χ1n) is 7.71. The van der Waals surface area contributed by atoms with Gasteiger partial charge in [0.25, 0.3) is 0 Å². The summed E-state index contributed by atoms with van der Waals surface area (Å²) in [5, 5.41) is 9.67. The van der Waals surface area contributed by atoms with Crippen molar-refractivity contribution in [3.63, 3.8) is 0 Å². The minimum Gasteiger partial charge on any atom is -0.376 e. The van der Waals surface area contributed by atoms with Crippen molar-refractivity contribution in [2.24, 2.45) is 0 Å². The van der Waals surface area contributed by atoms with Gasteiger partial charge in [-0.1, -0.05) is 12.1 Å². The molecule has 0 aliphatic rings. The molecule has 0 saturated carbocycles. The van der Waals surface area contributed by atoms with Crippen molar-refractivity contribution in [2.75, 3.05) is 0 Å². The van der Waals surface area contributed by atoms with Crippen LogP contribution in [0.2, 0.25) is 0 Å². The molecule has 0 saturated heterocycles. The lowest BCUT2D eigenvalue weighted by atomic mass is 9.82. The molecule has 192 valence electrons. The van der Waals surface area contributed by atoms with Gasteiger partial charge in [0.05, 0.1) is 6.42 Å². The third-order valence-corrected chi connectivity index (χ3v) is 4.99. The normalized spacial score (nSPS) is 17.2. The average molecular weight is 634 g/mol. The molecular weight excluding hydrogens is 627 g/mol. The summed E-state index contributed by atoms with van der Waals surface area (Å²) >= 11 is 1.44. The maximum absolute atomic E-state index is 14.0. The van der Waals surface area contributed by atoms with Crippen molar-refractivity contribution in [1.29, 1.82) is 0 Å². The van der Waals surface area contributed by atoms with E-state index >= 15 is 0 Å². The van der Waals surface area contributed by atoms with Gasteiger partial charge >= 0.3 is 42.0 Å². The molecule has 1 aromatic carbocycles. The largest absolute Gasteiger partial charge is 0.460 e. The topological polar surface area (TPSA) is 20.2 Å². The molecule has 1 nitrogen and oxygen atoms in total. The highest BCUT2D eigenvalue weighted by atomic mass is 127. The lowest BCUT2D eigenvalue weighted by Gasteiger charge is -2.42. The zero-order chi connectivity index (χ0) is 26.7. The van der Waals surface area contributed by atoms with Gasteiger partial charge in [0, 0.05) is 3.57 Å². The van der Waals surface area contributed by atoms with E-state index in [0.29, 0.717) is 12.1 Å². The first-order valence-corrected chi connectivity index (χ1v) is 8.79. The predicted octanol–water partition coefficient (Wildman–Crippen LogP) is 7.17. The maximum atomic E-state index is 14.0. The van der Waals surface area contributed by atoms with E-state index in [9.17, 15) is 75.4 Å². The summed E-state index contributed by atoms with van der Waals surface area (Å²) in [6.45, 7) is 0. The van der Waals surface area contributed by atoms with E-state index in [2.05, 4.69) is 0 Å². The Morgan fingerprint density at radius 3 is 1.24 bits per heavy atom. The Morgan fingerprint density at radius 2 is 0.909 bits per heavy atom. The lowest BCUT2D eigenvalue weighted by molar-refractivity contribution is -0.443. The van der Waals surface area contributed by atoms with Crippen molar-refractivity contribution >= 4 is 22.6 Å². The van der Waals surface area contributed by atoms with E-state index < -0.39 is 59.6 Å². The summed E-state index contributed by atoms with van der Waals surface area (Å²) in [4.78, 5) is 0. The Morgan fingerprint density at radius 1 is 0.545 bits per heavy atom. The Balaban J connectivity index is 3.65. The molecular formula is C15H7F16IO. The molecule has 0 heterocycles. The maximum Gasteiger partial charge on any atom is 0.460 e. The van der Waals surface area contributed by atoms with Crippen LogP contribution in [0.4, 0.5) is 70.2 Å². The highest BCUT2D eigenvalue weighted by Gasteiger charge is 2.91. The molecule has 1 atom stereocenters. The minimum absolute atomic E-state index is 0.0820. The fourth-order valence-corrected chi connectivity index (χ4v) is 2.69. The van der Waals surface area contributed by atoms with Gasteiger partial charge in [0.15, 0.2) is 5.60 Å². The van der Waals surface area contributed by atoms with Crippen molar-refractivity contribution in [2.45, 2.75) is 54.0 Å². The monoisotopic (exact) mass is 634 g/mol. The quantitative estimate of drug-likeness (QED) is 0.249. The zero-order valence-corrected chi connectivity index (χ0v) is 17.0. The molecule has 1 N–H and O–H groups in total. The number of hydrogen-bond acceptors (Lipinski definition) is 1. The highest BCUT2D eigenvalue weighted by Crippen LogP contribution is 2.62. The predicted molar refractivity (Wildman–Crippen MR) is 84.5 cm³/mol. The summed E-state index contributed by atoms with van der Waals surface area (Å²) in [6, 6.07) is 1.81.